The lowest BCUT2D eigenvalue weighted by Crippen LogP contribution is -2.06. The molecule has 0 aliphatic rings. The fourth-order valence-electron chi connectivity index (χ4n) is 1.35. The molecule has 0 aliphatic heterocycles. The van der Waals surface area contributed by atoms with Crippen molar-refractivity contribution in [3.63, 3.8) is 0 Å². The Morgan fingerprint density at radius 3 is 2.47 bits per heavy atom. The van der Waals surface area contributed by atoms with Crippen LogP contribution in [0.2, 0.25) is 0 Å². The molecular formula is C13H16O6. The molecule has 0 saturated carbocycles. The highest BCUT2D eigenvalue weighted by atomic mass is 16.7. The molecule has 0 fully saturated rings. The molecule has 6 heteroatoms. The Labute approximate surface area is 111 Å². The van der Waals surface area contributed by atoms with Gasteiger partial charge in [0.25, 0.3) is 0 Å². The predicted molar refractivity (Wildman–Crippen MR) is 67.6 cm³/mol. The van der Waals surface area contributed by atoms with Crippen molar-refractivity contribution in [1.82, 2.24) is 0 Å². The number of aromatic hydroxyl groups is 1. The van der Waals surface area contributed by atoms with Crippen molar-refractivity contribution in [2.45, 2.75) is 0 Å². The topological polar surface area (TPSA) is 74.2 Å². The molecule has 0 saturated heterocycles. The van der Waals surface area contributed by atoms with Crippen molar-refractivity contribution in [2.75, 3.05) is 27.8 Å². The zero-order chi connectivity index (χ0) is 14.3. The molecule has 0 bridgehead atoms. The number of carbonyl (C=O) groups excluding carboxylic acids is 1. The number of ether oxygens (including phenoxy) is 4. The number of phenols is 1. The number of ketones is 1. The Hall–Kier alpha value is -2.05. The normalized spacial score (nSPS) is 10.0. The van der Waals surface area contributed by atoms with Crippen molar-refractivity contribution >= 4 is 5.78 Å². The number of rotatable bonds is 8. The first-order valence-electron chi connectivity index (χ1n) is 5.41. The third-order valence-electron chi connectivity index (χ3n) is 2.20. The third kappa shape index (κ3) is 3.70. The minimum Gasteiger partial charge on any atom is -0.504 e. The van der Waals surface area contributed by atoms with E-state index in [4.69, 9.17) is 18.9 Å². The van der Waals surface area contributed by atoms with Crippen molar-refractivity contribution in [1.29, 1.82) is 0 Å². The molecule has 1 aromatic rings. The van der Waals surface area contributed by atoms with E-state index in [1.54, 1.807) is 0 Å². The van der Waals surface area contributed by atoms with Crippen molar-refractivity contribution in [3.05, 3.63) is 30.4 Å². The van der Waals surface area contributed by atoms with Gasteiger partial charge in [0.05, 0.1) is 5.56 Å². The van der Waals surface area contributed by atoms with Crippen LogP contribution in [0.15, 0.2) is 24.8 Å². The molecule has 1 rings (SSSR count). The fraction of sp³-hybridized carbons (Fsp3) is 0.308. The minimum absolute atomic E-state index is 0.0163. The van der Waals surface area contributed by atoms with Crippen LogP contribution < -0.4 is 9.47 Å². The molecule has 104 valence electrons. The molecule has 0 atom stereocenters. The summed E-state index contributed by atoms with van der Waals surface area (Å²) in [5.74, 6) is -0.475. The third-order valence-corrected chi connectivity index (χ3v) is 2.20. The van der Waals surface area contributed by atoms with Crippen LogP contribution in [0.4, 0.5) is 0 Å². The van der Waals surface area contributed by atoms with Crippen LogP contribution in [0.3, 0.4) is 0 Å². The molecule has 6 nitrogen and oxygen atoms in total. The number of phenolic OH excluding ortho intramolecular Hbond substituents is 1. The molecule has 0 heterocycles. The van der Waals surface area contributed by atoms with Gasteiger partial charge in [0.1, 0.15) is 0 Å². The number of benzene rings is 1. The van der Waals surface area contributed by atoms with Crippen molar-refractivity contribution < 1.29 is 28.8 Å². The second-order valence-electron chi connectivity index (χ2n) is 3.46. The van der Waals surface area contributed by atoms with Crippen LogP contribution in [0, 0.1) is 0 Å². The maximum Gasteiger partial charge on any atom is 0.206 e. The van der Waals surface area contributed by atoms with Gasteiger partial charge in [-0.2, -0.15) is 0 Å². The van der Waals surface area contributed by atoms with Gasteiger partial charge in [-0.05, 0) is 18.2 Å². The molecule has 0 spiro atoms. The summed E-state index contributed by atoms with van der Waals surface area (Å²) in [7, 11) is 2.90. The minimum atomic E-state index is -0.418. The molecule has 0 aliphatic carbocycles. The van der Waals surface area contributed by atoms with Crippen LogP contribution in [-0.4, -0.2) is 38.7 Å². The van der Waals surface area contributed by atoms with Gasteiger partial charge in [-0.25, -0.2) is 0 Å². The summed E-state index contributed by atoms with van der Waals surface area (Å²) in [6, 6.07) is 2.92. The molecule has 0 aromatic heterocycles. The van der Waals surface area contributed by atoms with Gasteiger partial charge in [-0.3, -0.25) is 4.79 Å². The summed E-state index contributed by atoms with van der Waals surface area (Å²) in [4.78, 5) is 11.6. The highest BCUT2D eigenvalue weighted by Gasteiger charge is 2.18. The fourth-order valence-corrected chi connectivity index (χ4v) is 1.35. The highest BCUT2D eigenvalue weighted by Crippen LogP contribution is 2.39. The number of carbonyl (C=O) groups is 1. The number of hydrogen-bond acceptors (Lipinski definition) is 6. The molecule has 0 unspecified atom stereocenters. The monoisotopic (exact) mass is 268 g/mol. The van der Waals surface area contributed by atoms with Crippen LogP contribution in [0.25, 0.3) is 0 Å². The van der Waals surface area contributed by atoms with E-state index in [1.807, 2.05) is 0 Å². The van der Waals surface area contributed by atoms with Gasteiger partial charge in [0, 0.05) is 14.2 Å². The van der Waals surface area contributed by atoms with E-state index in [0.29, 0.717) is 0 Å². The lowest BCUT2D eigenvalue weighted by atomic mass is 10.1. The molecular weight excluding hydrogens is 252 g/mol. The van der Waals surface area contributed by atoms with Crippen LogP contribution >= 0.6 is 0 Å². The maximum atomic E-state index is 11.6. The van der Waals surface area contributed by atoms with Gasteiger partial charge in [0.15, 0.2) is 30.9 Å². The molecule has 19 heavy (non-hydrogen) atoms. The van der Waals surface area contributed by atoms with E-state index in [2.05, 4.69) is 6.58 Å². The first-order valence-corrected chi connectivity index (χ1v) is 5.41. The number of allylic oxidation sites excluding steroid dienone is 1. The standard InChI is InChI=1S/C13H16O6/c1-4-10(14)9-5-6-11(18-7-16-2)13(12(9)15)19-8-17-3/h4-6,15H,1,7-8H2,2-3H3. The number of methoxy groups -OCH3 is 2. The Kier molecular flexibility index (Phi) is 5.84. The summed E-state index contributed by atoms with van der Waals surface area (Å²) in [6.07, 6.45) is 1.10. The van der Waals surface area contributed by atoms with E-state index in [-0.39, 0.29) is 36.4 Å². The summed E-state index contributed by atoms with van der Waals surface area (Å²) < 4.78 is 20.0. The molecule has 0 amide bonds. The smallest absolute Gasteiger partial charge is 0.206 e. The lowest BCUT2D eigenvalue weighted by molar-refractivity contribution is 0.0307. The van der Waals surface area contributed by atoms with Gasteiger partial charge < -0.3 is 24.1 Å². The molecule has 1 aromatic carbocycles. The Bertz CT molecular complexity index is 455. The SMILES string of the molecule is C=CC(=O)c1ccc(OCOC)c(OCOC)c1O. The van der Waals surface area contributed by atoms with E-state index >= 15 is 0 Å². The quantitative estimate of drug-likeness (QED) is 0.439. The average molecular weight is 268 g/mol. The van der Waals surface area contributed by atoms with E-state index in [9.17, 15) is 9.90 Å². The van der Waals surface area contributed by atoms with Crippen molar-refractivity contribution in [3.8, 4) is 17.2 Å². The van der Waals surface area contributed by atoms with Gasteiger partial charge in [-0.15, -0.1) is 0 Å². The zero-order valence-electron chi connectivity index (χ0n) is 10.8. The molecule has 1 N–H and O–H groups in total. The maximum absolute atomic E-state index is 11.6. The molecule has 0 radical (unpaired) electrons. The second kappa shape index (κ2) is 7.40. The van der Waals surface area contributed by atoms with Crippen LogP contribution in [-0.2, 0) is 9.47 Å². The second-order valence-corrected chi connectivity index (χ2v) is 3.46. The average Bonchev–Trinajstić information content (AvgIpc) is 2.43. The van der Waals surface area contributed by atoms with Gasteiger partial charge in [-0.1, -0.05) is 6.58 Å². The lowest BCUT2D eigenvalue weighted by Gasteiger charge is -2.14. The summed E-state index contributed by atoms with van der Waals surface area (Å²) >= 11 is 0. The Morgan fingerprint density at radius 1 is 1.26 bits per heavy atom. The zero-order valence-corrected chi connectivity index (χ0v) is 10.8. The first-order chi connectivity index (χ1) is 9.15. The van der Waals surface area contributed by atoms with Crippen LogP contribution in [0.1, 0.15) is 10.4 Å². The van der Waals surface area contributed by atoms with Gasteiger partial charge >= 0.3 is 0 Å². The summed E-state index contributed by atoms with van der Waals surface area (Å²) in [5, 5.41) is 10.0. The van der Waals surface area contributed by atoms with Crippen molar-refractivity contribution in [2.24, 2.45) is 0 Å². The van der Waals surface area contributed by atoms with E-state index in [1.165, 1.54) is 26.4 Å². The first kappa shape index (κ1) is 15.0. The number of hydrogen-bond donors (Lipinski definition) is 1. The predicted octanol–water partition coefficient (Wildman–Crippen LogP) is 1.73. The summed E-state index contributed by atoms with van der Waals surface area (Å²) in [5.41, 5.74) is 0.0749. The Morgan fingerprint density at radius 2 is 1.89 bits per heavy atom. The van der Waals surface area contributed by atoms with Crippen LogP contribution in [0.5, 0.6) is 17.2 Å². The summed E-state index contributed by atoms with van der Waals surface area (Å²) in [6.45, 7) is 3.25. The highest BCUT2D eigenvalue weighted by molar-refractivity contribution is 6.06. The largest absolute Gasteiger partial charge is 0.504 e. The Balaban J connectivity index is 3.15. The van der Waals surface area contributed by atoms with E-state index < -0.39 is 5.78 Å². The van der Waals surface area contributed by atoms with Gasteiger partial charge in [0.2, 0.25) is 5.75 Å². The van der Waals surface area contributed by atoms with E-state index in [0.717, 1.165) is 6.08 Å².